The van der Waals surface area contributed by atoms with Crippen molar-refractivity contribution in [1.82, 2.24) is 10.2 Å². The molecule has 94 valence electrons. The Kier molecular flexibility index (Phi) is 3.62. The Hall–Kier alpha value is -2.30. The molecule has 0 aliphatic carbocycles. The highest BCUT2D eigenvalue weighted by molar-refractivity contribution is 5.91. The lowest BCUT2D eigenvalue weighted by atomic mass is 10.2. The van der Waals surface area contributed by atoms with Crippen molar-refractivity contribution in [3.63, 3.8) is 0 Å². The summed E-state index contributed by atoms with van der Waals surface area (Å²) in [5.74, 6) is 1.06. The number of ether oxygens (including phenoxy) is 1. The first-order valence-corrected chi connectivity index (χ1v) is 5.64. The number of nitrogens with one attached hydrogen (secondary N) is 2. The molecule has 0 fully saturated rings. The molecule has 0 aliphatic heterocycles. The Bertz CT molecular complexity index is 531. The van der Waals surface area contributed by atoms with Crippen LogP contribution in [0.25, 0.3) is 0 Å². The highest BCUT2D eigenvalue weighted by Gasteiger charge is 2.06. The number of carbonyl (C=O) groups is 1. The van der Waals surface area contributed by atoms with Crippen molar-refractivity contribution in [2.75, 3.05) is 11.9 Å². The minimum atomic E-state index is -0.220. The summed E-state index contributed by atoms with van der Waals surface area (Å²) in [4.78, 5) is 11.6. The Morgan fingerprint density at radius 1 is 1.33 bits per heavy atom. The van der Waals surface area contributed by atoms with E-state index in [1.54, 1.807) is 6.20 Å². The van der Waals surface area contributed by atoms with Crippen LogP contribution in [0.3, 0.4) is 0 Å². The molecule has 0 unspecified atom stereocenters. The maximum atomic E-state index is 11.6. The van der Waals surface area contributed by atoms with Crippen LogP contribution in [-0.2, 0) is 4.79 Å². The lowest BCUT2D eigenvalue weighted by Gasteiger charge is -2.06. The maximum Gasteiger partial charge on any atom is 0.263 e. The number of nitrogens with zero attached hydrogens (tertiary/aromatic N) is 1. The molecule has 0 bridgehead atoms. The number of rotatable bonds is 4. The van der Waals surface area contributed by atoms with Crippen molar-refractivity contribution in [3.05, 3.63) is 41.6 Å². The normalized spacial score (nSPS) is 10.1. The van der Waals surface area contributed by atoms with Crippen LogP contribution in [0.15, 0.2) is 30.5 Å². The van der Waals surface area contributed by atoms with Gasteiger partial charge in [-0.05, 0) is 26.0 Å². The van der Waals surface area contributed by atoms with E-state index >= 15 is 0 Å². The van der Waals surface area contributed by atoms with Crippen LogP contribution >= 0.6 is 0 Å². The number of hydrogen-bond donors (Lipinski definition) is 2. The summed E-state index contributed by atoms with van der Waals surface area (Å²) in [5.41, 5.74) is 2.04. The molecule has 0 saturated heterocycles. The lowest BCUT2D eigenvalue weighted by molar-refractivity contribution is -0.118. The van der Waals surface area contributed by atoms with Gasteiger partial charge in [0.25, 0.3) is 5.91 Å². The summed E-state index contributed by atoms with van der Waals surface area (Å²) in [5, 5.41) is 9.22. The van der Waals surface area contributed by atoms with Crippen molar-refractivity contribution in [3.8, 4) is 5.75 Å². The second-order valence-electron chi connectivity index (χ2n) is 4.08. The van der Waals surface area contributed by atoms with Gasteiger partial charge in [0.2, 0.25) is 0 Å². The molecule has 1 aromatic heterocycles. The van der Waals surface area contributed by atoms with Gasteiger partial charge in [-0.25, -0.2) is 0 Å². The van der Waals surface area contributed by atoms with Crippen molar-refractivity contribution in [2.45, 2.75) is 13.8 Å². The first-order valence-electron chi connectivity index (χ1n) is 5.64. The number of anilines is 1. The van der Waals surface area contributed by atoms with Crippen molar-refractivity contribution in [2.24, 2.45) is 0 Å². The van der Waals surface area contributed by atoms with Crippen LogP contribution in [-0.4, -0.2) is 22.7 Å². The first-order chi connectivity index (χ1) is 8.65. The predicted molar refractivity (Wildman–Crippen MR) is 68.6 cm³/mol. The molecule has 2 rings (SSSR count). The van der Waals surface area contributed by atoms with E-state index in [-0.39, 0.29) is 12.5 Å². The highest BCUT2D eigenvalue weighted by Crippen LogP contribution is 2.12. The molecule has 0 radical (unpaired) electrons. The quantitative estimate of drug-likeness (QED) is 0.866. The van der Waals surface area contributed by atoms with E-state index in [2.05, 4.69) is 15.5 Å². The monoisotopic (exact) mass is 245 g/mol. The number of aryl methyl sites for hydroxylation is 2. The van der Waals surface area contributed by atoms with Crippen LogP contribution < -0.4 is 10.1 Å². The van der Waals surface area contributed by atoms with E-state index in [1.165, 1.54) is 0 Å². The molecular formula is C13H15N3O2. The van der Waals surface area contributed by atoms with Gasteiger partial charge in [-0.15, -0.1) is 0 Å². The van der Waals surface area contributed by atoms with Crippen LogP contribution in [0.1, 0.15) is 11.1 Å². The fraction of sp³-hybridized carbons (Fsp3) is 0.231. The van der Waals surface area contributed by atoms with Gasteiger partial charge in [0.1, 0.15) is 11.6 Å². The van der Waals surface area contributed by atoms with E-state index in [0.717, 1.165) is 11.1 Å². The largest absolute Gasteiger partial charge is 0.484 e. The molecule has 1 amide bonds. The summed E-state index contributed by atoms with van der Waals surface area (Å²) >= 11 is 0. The molecule has 5 heteroatoms. The lowest BCUT2D eigenvalue weighted by Crippen LogP contribution is -2.20. The van der Waals surface area contributed by atoms with Crippen molar-refractivity contribution in [1.29, 1.82) is 0 Å². The Balaban J connectivity index is 1.85. The molecule has 18 heavy (non-hydrogen) atoms. The third-order valence-corrected chi connectivity index (χ3v) is 2.48. The number of hydrogen-bond acceptors (Lipinski definition) is 3. The third kappa shape index (κ3) is 3.10. The predicted octanol–water partition coefficient (Wildman–Crippen LogP) is 2.04. The van der Waals surface area contributed by atoms with Gasteiger partial charge in [-0.3, -0.25) is 9.89 Å². The average molecular weight is 245 g/mol. The Morgan fingerprint density at radius 2 is 2.06 bits per heavy atom. The molecule has 0 atom stereocenters. The smallest absolute Gasteiger partial charge is 0.263 e. The molecule has 0 aliphatic rings. The first kappa shape index (κ1) is 12.2. The topological polar surface area (TPSA) is 67.0 Å². The summed E-state index contributed by atoms with van der Waals surface area (Å²) in [6, 6.07) is 7.55. The van der Waals surface area contributed by atoms with E-state index in [4.69, 9.17) is 4.74 Å². The molecule has 1 aromatic carbocycles. The summed E-state index contributed by atoms with van der Waals surface area (Å²) in [6.07, 6.45) is 1.65. The van der Waals surface area contributed by atoms with Gasteiger partial charge in [-0.2, -0.15) is 5.10 Å². The zero-order chi connectivity index (χ0) is 13.0. The molecule has 1 heterocycles. The second kappa shape index (κ2) is 5.35. The zero-order valence-electron chi connectivity index (χ0n) is 10.4. The van der Waals surface area contributed by atoms with Crippen LogP contribution in [0.2, 0.25) is 0 Å². The van der Waals surface area contributed by atoms with E-state index < -0.39 is 0 Å². The van der Waals surface area contributed by atoms with Gasteiger partial charge in [-0.1, -0.05) is 17.7 Å². The van der Waals surface area contributed by atoms with Crippen molar-refractivity contribution < 1.29 is 9.53 Å². The summed E-state index contributed by atoms with van der Waals surface area (Å²) < 4.78 is 5.37. The third-order valence-electron chi connectivity index (χ3n) is 2.48. The molecule has 2 N–H and O–H groups in total. The number of amides is 1. The maximum absolute atomic E-state index is 11.6. The SMILES string of the molecule is Cc1ccc(OCC(=O)Nc2[nH]ncc2C)cc1. The van der Waals surface area contributed by atoms with Gasteiger partial charge in [0.05, 0.1) is 6.20 Å². The number of benzene rings is 1. The number of aromatic nitrogens is 2. The highest BCUT2D eigenvalue weighted by atomic mass is 16.5. The number of aromatic amines is 1. The molecule has 2 aromatic rings. The number of carbonyl (C=O) groups excluding carboxylic acids is 1. The molecule has 0 spiro atoms. The van der Waals surface area contributed by atoms with Crippen LogP contribution in [0.5, 0.6) is 5.75 Å². The van der Waals surface area contributed by atoms with Gasteiger partial charge in [0.15, 0.2) is 6.61 Å². The Morgan fingerprint density at radius 3 is 2.67 bits per heavy atom. The summed E-state index contributed by atoms with van der Waals surface area (Å²) in [7, 11) is 0. The fourth-order valence-electron chi connectivity index (χ4n) is 1.43. The average Bonchev–Trinajstić information content (AvgIpc) is 2.74. The van der Waals surface area contributed by atoms with E-state index in [0.29, 0.717) is 11.6 Å². The van der Waals surface area contributed by atoms with Gasteiger partial charge in [0, 0.05) is 5.56 Å². The number of H-pyrrole nitrogens is 1. The summed E-state index contributed by atoms with van der Waals surface area (Å²) in [6.45, 7) is 3.83. The molecular weight excluding hydrogens is 230 g/mol. The van der Waals surface area contributed by atoms with Crippen molar-refractivity contribution >= 4 is 11.7 Å². The van der Waals surface area contributed by atoms with E-state index in [9.17, 15) is 4.79 Å². The van der Waals surface area contributed by atoms with E-state index in [1.807, 2.05) is 38.1 Å². The van der Waals surface area contributed by atoms with Crippen LogP contribution in [0.4, 0.5) is 5.82 Å². The standard InChI is InChI=1S/C13H15N3O2/c1-9-3-5-11(6-4-9)18-8-12(17)15-13-10(2)7-14-16-13/h3-7H,8H2,1-2H3,(H2,14,15,16,17). The molecule has 5 nitrogen and oxygen atoms in total. The van der Waals surface area contributed by atoms with Gasteiger partial charge < -0.3 is 10.1 Å². The molecule has 0 saturated carbocycles. The Labute approximate surface area is 105 Å². The fourth-order valence-corrected chi connectivity index (χ4v) is 1.43. The minimum absolute atomic E-state index is 0.0263. The second-order valence-corrected chi connectivity index (χ2v) is 4.08. The zero-order valence-corrected chi connectivity index (χ0v) is 10.4. The van der Waals surface area contributed by atoms with Gasteiger partial charge >= 0.3 is 0 Å². The minimum Gasteiger partial charge on any atom is -0.484 e. The van der Waals surface area contributed by atoms with Crippen LogP contribution in [0, 0.1) is 13.8 Å².